The lowest BCUT2D eigenvalue weighted by molar-refractivity contribution is 0.0999. The Morgan fingerprint density at radius 2 is 1.92 bits per heavy atom. The van der Waals surface area contributed by atoms with Crippen LogP contribution < -0.4 is 10.5 Å². The van der Waals surface area contributed by atoms with E-state index in [9.17, 15) is 9.18 Å². The number of hydrogen-bond donors (Lipinski definition) is 1. The molecule has 1 heterocycles. The van der Waals surface area contributed by atoms with Crippen LogP contribution >= 0.6 is 0 Å². The van der Waals surface area contributed by atoms with Crippen molar-refractivity contribution in [2.24, 2.45) is 5.73 Å². The molecule has 0 saturated carbocycles. The van der Waals surface area contributed by atoms with Crippen LogP contribution in [0.4, 0.5) is 4.39 Å². The quantitative estimate of drug-likeness (QED) is 0.935. The van der Waals surface area contributed by atoms with E-state index >= 15 is 0 Å². The molecule has 1 aliphatic carbocycles. The molecule has 0 fully saturated rings. The molecule has 0 radical (unpaired) electrons. The number of aromatic nitrogens is 1. The second-order valence-electron chi connectivity index (χ2n) is 5.15. The predicted octanol–water partition coefficient (Wildman–Crippen LogP) is 3.63. The summed E-state index contributed by atoms with van der Waals surface area (Å²) in [4.78, 5) is 15.8. The first-order valence-electron chi connectivity index (χ1n) is 7.40. The van der Waals surface area contributed by atoms with Gasteiger partial charge in [0.2, 0.25) is 0 Å². The van der Waals surface area contributed by atoms with Crippen LogP contribution in [-0.2, 0) is 0 Å². The van der Waals surface area contributed by atoms with E-state index in [1.54, 1.807) is 36.5 Å². The molecule has 1 aromatic heterocycles. The van der Waals surface area contributed by atoms with Crippen LogP contribution in [0.1, 0.15) is 22.5 Å². The summed E-state index contributed by atoms with van der Waals surface area (Å²) in [7, 11) is 0. The largest absolute Gasteiger partial charge is 0.458 e. The number of nitrogens with two attached hydrogens (primary N) is 1. The molecule has 0 atom stereocenters. The van der Waals surface area contributed by atoms with E-state index in [4.69, 9.17) is 10.5 Å². The maximum atomic E-state index is 12.9. The number of benzene rings is 1. The first kappa shape index (κ1) is 15.7. The smallest absolute Gasteiger partial charge is 0.250 e. The van der Waals surface area contributed by atoms with Gasteiger partial charge in [-0.1, -0.05) is 6.08 Å². The van der Waals surface area contributed by atoms with Crippen LogP contribution in [0.25, 0.3) is 5.57 Å². The summed E-state index contributed by atoms with van der Waals surface area (Å²) in [5, 5.41) is 0. The van der Waals surface area contributed by atoms with E-state index in [1.165, 1.54) is 12.1 Å². The first-order valence-corrected chi connectivity index (χ1v) is 7.40. The molecule has 5 heteroatoms. The van der Waals surface area contributed by atoms with Gasteiger partial charge in [0.25, 0.3) is 5.91 Å². The van der Waals surface area contributed by atoms with Crippen molar-refractivity contribution in [2.75, 3.05) is 0 Å². The summed E-state index contributed by atoms with van der Waals surface area (Å²) >= 11 is 0. The van der Waals surface area contributed by atoms with Crippen molar-refractivity contribution in [1.82, 2.24) is 4.98 Å². The Kier molecular flexibility index (Phi) is 4.52. The van der Waals surface area contributed by atoms with Crippen molar-refractivity contribution in [1.29, 1.82) is 0 Å². The Morgan fingerprint density at radius 1 is 1.12 bits per heavy atom. The Morgan fingerprint density at radius 3 is 2.67 bits per heavy atom. The zero-order chi connectivity index (χ0) is 16.9. The molecule has 0 aliphatic heterocycles. The number of amides is 1. The highest BCUT2D eigenvalue weighted by Gasteiger charge is 2.12. The lowest BCUT2D eigenvalue weighted by atomic mass is 10.0. The van der Waals surface area contributed by atoms with Gasteiger partial charge in [-0.25, -0.2) is 4.39 Å². The molecule has 0 spiro atoms. The summed E-state index contributed by atoms with van der Waals surface area (Å²) in [6, 6.07) is 9.12. The molecule has 0 bridgehead atoms. The van der Waals surface area contributed by atoms with Gasteiger partial charge in [-0.05, 0) is 66.6 Å². The standard InChI is InChI=1S/C19H15FN2O2/c20-14-7-10-16(11-8-14)24-15-4-1-3-13(6-9-15)18-17(19(21)23)5-2-12-22-18/h2-12H,1H2,(H2,21,23). The first-order chi connectivity index (χ1) is 11.6. The molecular formula is C19H15FN2O2. The molecule has 1 aliphatic rings. The maximum absolute atomic E-state index is 12.9. The number of allylic oxidation sites excluding steroid dienone is 5. The molecule has 4 nitrogen and oxygen atoms in total. The van der Waals surface area contributed by atoms with E-state index in [-0.39, 0.29) is 5.82 Å². The Bertz CT molecular complexity index is 852. The molecule has 0 saturated heterocycles. The maximum Gasteiger partial charge on any atom is 0.250 e. The van der Waals surface area contributed by atoms with Gasteiger partial charge in [0.15, 0.2) is 0 Å². The lowest BCUT2D eigenvalue weighted by Gasteiger charge is -2.06. The van der Waals surface area contributed by atoms with Gasteiger partial charge < -0.3 is 10.5 Å². The van der Waals surface area contributed by atoms with E-state index in [1.807, 2.05) is 18.2 Å². The van der Waals surface area contributed by atoms with Crippen LogP contribution in [0.15, 0.2) is 72.7 Å². The minimum absolute atomic E-state index is 0.314. The van der Waals surface area contributed by atoms with Gasteiger partial charge in [-0.2, -0.15) is 0 Å². The topological polar surface area (TPSA) is 65.2 Å². The molecule has 1 amide bonds. The molecule has 2 aromatic rings. The molecule has 1 aromatic carbocycles. The van der Waals surface area contributed by atoms with Crippen molar-refractivity contribution in [3.63, 3.8) is 0 Å². The van der Waals surface area contributed by atoms with Crippen LogP contribution in [-0.4, -0.2) is 10.9 Å². The van der Waals surface area contributed by atoms with Crippen LogP contribution in [0.5, 0.6) is 5.75 Å². The van der Waals surface area contributed by atoms with Crippen molar-refractivity contribution in [2.45, 2.75) is 6.42 Å². The highest BCUT2D eigenvalue weighted by atomic mass is 19.1. The van der Waals surface area contributed by atoms with Gasteiger partial charge >= 0.3 is 0 Å². The van der Waals surface area contributed by atoms with Crippen LogP contribution in [0, 0.1) is 5.82 Å². The number of carbonyl (C=O) groups excluding carboxylic acids is 1. The van der Waals surface area contributed by atoms with E-state index in [0.29, 0.717) is 29.2 Å². The second kappa shape index (κ2) is 6.91. The minimum Gasteiger partial charge on any atom is -0.458 e. The van der Waals surface area contributed by atoms with Crippen molar-refractivity contribution >= 4 is 11.5 Å². The molecule has 2 N–H and O–H groups in total. The third kappa shape index (κ3) is 3.57. The minimum atomic E-state index is -0.521. The molecule has 120 valence electrons. The fraction of sp³-hybridized carbons (Fsp3) is 0.0526. The van der Waals surface area contributed by atoms with Crippen LogP contribution in [0.2, 0.25) is 0 Å². The summed E-state index contributed by atoms with van der Waals surface area (Å²) in [6.07, 6.45) is 9.64. The normalized spacial score (nSPS) is 13.7. The van der Waals surface area contributed by atoms with Crippen molar-refractivity contribution in [3.8, 4) is 5.75 Å². The molecule has 24 heavy (non-hydrogen) atoms. The predicted molar refractivity (Wildman–Crippen MR) is 89.6 cm³/mol. The Labute approximate surface area is 138 Å². The monoisotopic (exact) mass is 322 g/mol. The average Bonchev–Trinajstić information content (AvgIpc) is 2.82. The molecular weight excluding hydrogens is 307 g/mol. The summed E-state index contributed by atoms with van der Waals surface area (Å²) in [6.45, 7) is 0. The highest BCUT2D eigenvalue weighted by molar-refractivity contribution is 5.98. The third-order valence-corrected chi connectivity index (χ3v) is 3.48. The van der Waals surface area contributed by atoms with Gasteiger partial charge in [0.1, 0.15) is 17.3 Å². The van der Waals surface area contributed by atoms with Gasteiger partial charge in [0, 0.05) is 6.20 Å². The second-order valence-corrected chi connectivity index (χ2v) is 5.15. The number of ether oxygens (including phenoxy) is 1. The van der Waals surface area contributed by atoms with Crippen molar-refractivity contribution in [3.05, 3.63) is 89.7 Å². The fourth-order valence-corrected chi connectivity index (χ4v) is 2.33. The summed E-state index contributed by atoms with van der Waals surface area (Å²) < 4.78 is 18.6. The van der Waals surface area contributed by atoms with Crippen molar-refractivity contribution < 1.29 is 13.9 Å². The van der Waals surface area contributed by atoms with Gasteiger partial charge in [-0.3, -0.25) is 9.78 Å². The number of halogens is 1. The van der Waals surface area contributed by atoms with Gasteiger partial charge in [-0.15, -0.1) is 0 Å². The number of nitrogens with zero attached hydrogens (tertiary/aromatic N) is 1. The fourth-order valence-electron chi connectivity index (χ4n) is 2.33. The number of carbonyl (C=O) groups is 1. The van der Waals surface area contributed by atoms with Gasteiger partial charge in [0.05, 0.1) is 11.3 Å². The summed E-state index contributed by atoms with van der Waals surface area (Å²) in [5.74, 6) is 0.342. The third-order valence-electron chi connectivity index (χ3n) is 3.48. The van der Waals surface area contributed by atoms with E-state index < -0.39 is 5.91 Å². The average molecular weight is 322 g/mol. The number of primary amides is 1. The van der Waals surface area contributed by atoms with Crippen LogP contribution in [0.3, 0.4) is 0 Å². The number of pyridine rings is 1. The molecule has 0 unspecified atom stereocenters. The highest BCUT2D eigenvalue weighted by Crippen LogP contribution is 2.23. The Hall–Kier alpha value is -3.21. The summed E-state index contributed by atoms with van der Waals surface area (Å²) in [5.41, 5.74) is 7.10. The Balaban J connectivity index is 1.80. The number of hydrogen-bond acceptors (Lipinski definition) is 3. The number of rotatable bonds is 4. The zero-order valence-electron chi connectivity index (χ0n) is 12.8. The van der Waals surface area contributed by atoms with E-state index in [2.05, 4.69) is 4.98 Å². The lowest BCUT2D eigenvalue weighted by Crippen LogP contribution is -2.14. The molecule has 3 rings (SSSR count). The SMILES string of the molecule is NC(=O)c1cccnc1C1=CCC=C(Oc2ccc(F)cc2)C=C1. The van der Waals surface area contributed by atoms with E-state index in [0.717, 1.165) is 5.57 Å². The zero-order valence-corrected chi connectivity index (χ0v) is 12.8.